The number of hydrogen-bond acceptors (Lipinski definition) is 7. The molecule has 0 unspecified atom stereocenters. The first kappa shape index (κ1) is 15.0. The summed E-state index contributed by atoms with van der Waals surface area (Å²) < 4.78 is 10.5. The Morgan fingerprint density at radius 3 is 2.81 bits per heavy atom. The molecule has 0 aromatic carbocycles. The Kier molecular flexibility index (Phi) is 5.28. The minimum absolute atomic E-state index is 0.290. The minimum atomic E-state index is 0.290. The number of ether oxygens (including phenoxy) is 2. The van der Waals surface area contributed by atoms with Crippen molar-refractivity contribution in [3.05, 3.63) is 35.9 Å². The van der Waals surface area contributed by atoms with Gasteiger partial charge in [-0.1, -0.05) is 6.07 Å². The molecule has 2 heterocycles. The van der Waals surface area contributed by atoms with Crippen LogP contribution in [-0.4, -0.2) is 28.7 Å². The lowest BCUT2D eigenvalue weighted by molar-refractivity contribution is 0.176. The fourth-order valence-corrected chi connectivity index (χ4v) is 1.75. The van der Waals surface area contributed by atoms with Gasteiger partial charge in [-0.15, -0.1) is 0 Å². The number of methoxy groups -OCH3 is 1. The van der Waals surface area contributed by atoms with Crippen LogP contribution in [-0.2, 0) is 17.9 Å². The van der Waals surface area contributed by atoms with E-state index in [9.17, 15) is 0 Å². The van der Waals surface area contributed by atoms with E-state index in [1.807, 2.05) is 25.1 Å². The average molecular weight is 289 g/mol. The lowest BCUT2D eigenvalue weighted by Crippen LogP contribution is -2.11. The maximum Gasteiger partial charge on any atom is 0.242 e. The molecule has 0 saturated carbocycles. The van der Waals surface area contributed by atoms with E-state index in [0.717, 1.165) is 5.69 Å². The van der Waals surface area contributed by atoms with Gasteiger partial charge >= 0.3 is 0 Å². The number of aromatic nitrogens is 3. The molecule has 0 aliphatic rings. The van der Waals surface area contributed by atoms with Crippen molar-refractivity contribution in [2.45, 2.75) is 20.1 Å². The highest BCUT2D eigenvalue weighted by molar-refractivity contribution is 5.66. The Morgan fingerprint density at radius 1 is 1.29 bits per heavy atom. The van der Waals surface area contributed by atoms with Crippen LogP contribution in [0, 0.1) is 0 Å². The summed E-state index contributed by atoms with van der Waals surface area (Å²) in [5, 5.41) is 3.15. The molecule has 2 rings (SSSR count). The molecule has 0 amide bonds. The first-order chi connectivity index (χ1) is 10.2. The quantitative estimate of drug-likeness (QED) is 0.799. The molecule has 0 fully saturated rings. The fourth-order valence-electron chi connectivity index (χ4n) is 1.75. The van der Waals surface area contributed by atoms with Gasteiger partial charge in [-0.05, 0) is 19.1 Å². The standard InChI is InChI=1S/C14H19N5O2/c1-3-21-14-12(15)13(18-11(19-14)9-20-2)17-8-10-6-4-5-7-16-10/h4-7H,3,8-9,15H2,1-2H3,(H,17,18,19). The highest BCUT2D eigenvalue weighted by Gasteiger charge is 2.12. The minimum Gasteiger partial charge on any atom is -0.476 e. The third kappa shape index (κ3) is 4.03. The molecular formula is C14H19N5O2. The Morgan fingerprint density at radius 2 is 2.14 bits per heavy atom. The molecule has 0 spiro atoms. The van der Waals surface area contributed by atoms with Crippen molar-refractivity contribution in [2.75, 3.05) is 24.8 Å². The van der Waals surface area contributed by atoms with Gasteiger partial charge in [-0.3, -0.25) is 4.98 Å². The first-order valence-electron chi connectivity index (χ1n) is 6.66. The number of hydrogen-bond donors (Lipinski definition) is 2. The van der Waals surface area contributed by atoms with Crippen LogP contribution in [0.5, 0.6) is 5.88 Å². The zero-order valence-corrected chi connectivity index (χ0v) is 12.2. The predicted octanol–water partition coefficient (Wildman–Crippen LogP) is 1.61. The number of nitrogen functional groups attached to an aromatic ring is 1. The molecular weight excluding hydrogens is 270 g/mol. The smallest absolute Gasteiger partial charge is 0.242 e. The van der Waals surface area contributed by atoms with Gasteiger partial charge in [0, 0.05) is 13.3 Å². The van der Waals surface area contributed by atoms with Gasteiger partial charge in [0.15, 0.2) is 11.6 Å². The number of nitrogens with zero attached hydrogens (tertiary/aromatic N) is 3. The van der Waals surface area contributed by atoms with Gasteiger partial charge in [-0.25, -0.2) is 4.98 Å². The van der Waals surface area contributed by atoms with Gasteiger partial charge in [-0.2, -0.15) is 4.98 Å². The summed E-state index contributed by atoms with van der Waals surface area (Å²) in [7, 11) is 1.58. The zero-order chi connectivity index (χ0) is 15.1. The molecule has 0 bridgehead atoms. The van der Waals surface area contributed by atoms with Crippen LogP contribution in [0.2, 0.25) is 0 Å². The van der Waals surface area contributed by atoms with E-state index in [1.165, 1.54) is 0 Å². The Labute approximate surface area is 123 Å². The molecule has 0 radical (unpaired) electrons. The second kappa shape index (κ2) is 7.39. The first-order valence-corrected chi connectivity index (χ1v) is 6.66. The van der Waals surface area contributed by atoms with E-state index in [2.05, 4.69) is 20.3 Å². The van der Waals surface area contributed by atoms with E-state index in [-0.39, 0.29) is 0 Å². The second-order valence-electron chi connectivity index (χ2n) is 4.25. The topological polar surface area (TPSA) is 95.2 Å². The van der Waals surface area contributed by atoms with Gasteiger partial charge in [0.25, 0.3) is 0 Å². The van der Waals surface area contributed by atoms with Crippen molar-refractivity contribution < 1.29 is 9.47 Å². The predicted molar refractivity (Wildman–Crippen MR) is 79.9 cm³/mol. The maximum atomic E-state index is 6.02. The summed E-state index contributed by atoms with van der Waals surface area (Å²) in [6.07, 6.45) is 1.74. The van der Waals surface area contributed by atoms with Gasteiger partial charge in [0.2, 0.25) is 5.88 Å². The molecule has 0 aliphatic heterocycles. The van der Waals surface area contributed by atoms with Gasteiger partial charge in [0.1, 0.15) is 12.3 Å². The molecule has 3 N–H and O–H groups in total. The van der Waals surface area contributed by atoms with E-state index in [1.54, 1.807) is 13.3 Å². The Balaban J connectivity index is 2.20. The number of pyridine rings is 1. The van der Waals surface area contributed by atoms with Crippen molar-refractivity contribution in [1.82, 2.24) is 15.0 Å². The zero-order valence-electron chi connectivity index (χ0n) is 12.2. The second-order valence-corrected chi connectivity index (χ2v) is 4.25. The molecule has 7 nitrogen and oxygen atoms in total. The monoisotopic (exact) mass is 289 g/mol. The van der Waals surface area contributed by atoms with Crippen LogP contribution in [0.4, 0.5) is 11.5 Å². The molecule has 0 saturated heterocycles. The van der Waals surface area contributed by atoms with Crippen molar-refractivity contribution in [1.29, 1.82) is 0 Å². The molecule has 0 aliphatic carbocycles. The fraction of sp³-hybridized carbons (Fsp3) is 0.357. The van der Waals surface area contributed by atoms with Crippen LogP contribution in [0.1, 0.15) is 18.4 Å². The molecule has 0 atom stereocenters. The molecule has 7 heteroatoms. The number of nitrogens with two attached hydrogens (primary N) is 1. The van der Waals surface area contributed by atoms with Crippen LogP contribution in [0.3, 0.4) is 0 Å². The van der Waals surface area contributed by atoms with Crippen molar-refractivity contribution in [2.24, 2.45) is 0 Å². The summed E-state index contributed by atoms with van der Waals surface area (Å²) >= 11 is 0. The SMILES string of the molecule is CCOc1nc(COC)nc(NCc2ccccn2)c1N. The van der Waals surface area contributed by atoms with Crippen molar-refractivity contribution >= 4 is 11.5 Å². The summed E-state index contributed by atoms with van der Waals surface area (Å²) in [6.45, 7) is 3.16. The summed E-state index contributed by atoms with van der Waals surface area (Å²) in [6, 6.07) is 5.71. The van der Waals surface area contributed by atoms with Crippen molar-refractivity contribution in [3.63, 3.8) is 0 Å². The normalized spacial score (nSPS) is 10.4. The number of anilines is 2. The van der Waals surface area contributed by atoms with E-state index < -0.39 is 0 Å². The largest absolute Gasteiger partial charge is 0.476 e. The Hall–Kier alpha value is -2.41. The number of rotatable bonds is 7. The van der Waals surface area contributed by atoms with Crippen LogP contribution < -0.4 is 15.8 Å². The van der Waals surface area contributed by atoms with Gasteiger partial charge in [0.05, 0.1) is 18.8 Å². The summed E-state index contributed by atoms with van der Waals surface area (Å²) in [4.78, 5) is 12.8. The van der Waals surface area contributed by atoms with Crippen LogP contribution >= 0.6 is 0 Å². The lowest BCUT2D eigenvalue weighted by Gasteiger charge is -2.13. The van der Waals surface area contributed by atoms with Crippen molar-refractivity contribution in [3.8, 4) is 5.88 Å². The van der Waals surface area contributed by atoms with E-state index in [0.29, 0.717) is 43.0 Å². The van der Waals surface area contributed by atoms with E-state index in [4.69, 9.17) is 15.2 Å². The molecule has 2 aromatic rings. The third-order valence-electron chi connectivity index (χ3n) is 2.67. The summed E-state index contributed by atoms with van der Waals surface area (Å²) in [5.74, 6) is 1.40. The molecule has 112 valence electrons. The summed E-state index contributed by atoms with van der Waals surface area (Å²) in [5.41, 5.74) is 7.30. The highest BCUT2D eigenvalue weighted by Crippen LogP contribution is 2.26. The average Bonchev–Trinajstić information content (AvgIpc) is 2.50. The number of nitrogens with one attached hydrogen (secondary N) is 1. The van der Waals surface area contributed by atoms with Crippen LogP contribution in [0.25, 0.3) is 0 Å². The Bertz CT molecular complexity index is 577. The van der Waals surface area contributed by atoms with Gasteiger partial charge < -0.3 is 20.5 Å². The van der Waals surface area contributed by atoms with E-state index >= 15 is 0 Å². The van der Waals surface area contributed by atoms with Crippen LogP contribution in [0.15, 0.2) is 24.4 Å². The highest BCUT2D eigenvalue weighted by atomic mass is 16.5. The molecule has 2 aromatic heterocycles. The molecule has 21 heavy (non-hydrogen) atoms. The maximum absolute atomic E-state index is 6.02. The lowest BCUT2D eigenvalue weighted by atomic mass is 10.3. The third-order valence-corrected chi connectivity index (χ3v) is 2.67.